The number of carbonyl (C=O) groups is 2. The average molecular weight is 406 g/mol. The second-order valence-corrected chi connectivity index (χ2v) is 6.25. The monoisotopic (exact) mass is 405 g/mol. The molecule has 0 spiro atoms. The molecule has 1 aromatic carbocycles. The molecule has 1 amide bonds. The van der Waals surface area contributed by atoms with Crippen molar-refractivity contribution < 1.29 is 18.7 Å². The molecule has 1 atom stereocenters. The number of halogens is 2. The highest BCUT2D eigenvalue weighted by molar-refractivity contribution is 6.36. The van der Waals surface area contributed by atoms with Crippen molar-refractivity contribution in [3.8, 4) is 0 Å². The number of ether oxygens (including phenoxy) is 1. The van der Waals surface area contributed by atoms with E-state index in [1.54, 1.807) is 12.1 Å². The summed E-state index contributed by atoms with van der Waals surface area (Å²) in [6.07, 6.45) is 2.76. The number of hydrogen-bond donors (Lipinski definition) is 1. The molecule has 0 unspecified atom stereocenters. The van der Waals surface area contributed by atoms with Gasteiger partial charge in [0.25, 0.3) is 5.91 Å². The summed E-state index contributed by atoms with van der Waals surface area (Å²) in [7, 11) is 0. The summed E-state index contributed by atoms with van der Waals surface area (Å²) < 4.78 is 10.5. The van der Waals surface area contributed by atoms with Crippen LogP contribution in [0.4, 0.5) is 5.82 Å². The Morgan fingerprint density at radius 2 is 2.07 bits per heavy atom. The highest BCUT2D eigenvalue weighted by Crippen LogP contribution is 2.22. The first-order valence-corrected chi connectivity index (χ1v) is 8.54. The number of anilines is 1. The van der Waals surface area contributed by atoms with Crippen LogP contribution in [0.15, 0.2) is 47.0 Å². The number of amides is 1. The third-order valence-corrected chi connectivity index (χ3v) is 3.88. The van der Waals surface area contributed by atoms with E-state index < -0.39 is 18.0 Å². The zero-order valence-electron chi connectivity index (χ0n) is 14.0. The zero-order valence-corrected chi connectivity index (χ0v) is 15.5. The molecule has 2 aromatic heterocycles. The van der Waals surface area contributed by atoms with Gasteiger partial charge < -0.3 is 14.5 Å². The van der Waals surface area contributed by atoms with Gasteiger partial charge in [-0.3, -0.25) is 4.79 Å². The summed E-state index contributed by atoms with van der Waals surface area (Å²) in [4.78, 5) is 32.1. The summed E-state index contributed by atoms with van der Waals surface area (Å²) >= 11 is 11.7. The molecule has 1 N–H and O–H groups in total. The van der Waals surface area contributed by atoms with E-state index in [2.05, 4.69) is 15.3 Å². The third kappa shape index (κ3) is 4.84. The van der Waals surface area contributed by atoms with Gasteiger partial charge in [-0.15, -0.1) is 0 Å². The van der Waals surface area contributed by atoms with E-state index in [9.17, 15) is 9.59 Å². The fourth-order valence-corrected chi connectivity index (χ4v) is 2.52. The fraction of sp³-hybridized carbons (Fsp3) is 0.111. The van der Waals surface area contributed by atoms with Gasteiger partial charge in [0, 0.05) is 18.3 Å². The smallest absolute Gasteiger partial charge is 0.331 e. The van der Waals surface area contributed by atoms with Crippen LogP contribution in [0.3, 0.4) is 0 Å². The van der Waals surface area contributed by atoms with Gasteiger partial charge in [-0.05, 0) is 25.1 Å². The number of nitrogens with zero attached hydrogens (tertiary/aromatic N) is 2. The molecule has 3 aromatic rings. The van der Waals surface area contributed by atoms with Crippen molar-refractivity contribution in [2.45, 2.75) is 13.0 Å². The normalized spacial score (nSPS) is 12.3. The summed E-state index contributed by atoms with van der Waals surface area (Å²) in [6, 6.07) is 8.63. The molecule has 0 saturated carbocycles. The van der Waals surface area contributed by atoms with Crippen LogP contribution in [0.5, 0.6) is 0 Å². The Morgan fingerprint density at radius 1 is 1.30 bits per heavy atom. The molecule has 27 heavy (non-hydrogen) atoms. The van der Waals surface area contributed by atoms with E-state index in [0.717, 1.165) is 6.08 Å². The van der Waals surface area contributed by atoms with Gasteiger partial charge in [-0.1, -0.05) is 35.3 Å². The molecule has 138 valence electrons. The molecule has 9 heteroatoms. The molecule has 0 aliphatic rings. The van der Waals surface area contributed by atoms with Gasteiger partial charge in [0.2, 0.25) is 5.89 Å². The highest BCUT2D eigenvalue weighted by atomic mass is 35.5. The first-order valence-electron chi connectivity index (χ1n) is 7.78. The highest BCUT2D eigenvalue weighted by Gasteiger charge is 2.18. The second kappa shape index (κ2) is 8.20. The van der Waals surface area contributed by atoms with Crippen molar-refractivity contribution in [2.75, 3.05) is 5.32 Å². The van der Waals surface area contributed by atoms with Crippen LogP contribution in [0.25, 0.3) is 17.2 Å². The van der Waals surface area contributed by atoms with Crippen molar-refractivity contribution in [1.29, 1.82) is 0 Å². The van der Waals surface area contributed by atoms with E-state index in [1.165, 1.54) is 25.3 Å². The lowest BCUT2D eigenvalue weighted by Gasteiger charge is -2.12. The minimum Gasteiger partial charge on any atom is -0.449 e. The van der Waals surface area contributed by atoms with Gasteiger partial charge in [-0.2, -0.15) is 0 Å². The van der Waals surface area contributed by atoms with Crippen LogP contribution in [0.1, 0.15) is 12.8 Å². The molecular weight excluding hydrogens is 393 g/mol. The molecule has 0 aliphatic carbocycles. The van der Waals surface area contributed by atoms with Gasteiger partial charge in [-0.25, -0.2) is 14.8 Å². The first-order chi connectivity index (χ1) is 12.9. The van der Waals surface area contributed by atoms with E-state index >= 15 is 0 Å². The van der Waals surface area contributed by atoms with Gasteiger partial charge in [0.15, 0.2) is 17.5 Å². The lowest BCUT2D eigenvalue weighted by atomic mass is 10.3. The number of rotatable bonds is 5. The number of carbonyl (C=O) groups excluding carboxylic acids is 2. The minimum atomic E-state index is -1.07. The molecule has 0 saturated heterocycles. The number of hydrogen-bond acceptors (Lipinski definition) is 6. The molecule has 0 radical (unpaired) electrons. The van der Waals surface area contributed by atoms with Crippen LogP contribution in [0.2, 0.25) is 10.0 Å². The molecular formula is C18H13Cl2N3O4. The number of oxazole rings is 1. The maximum Gasteiger partial charge on any atom is 0.331 e. The Hall–Kier alpha value is -2.90. The molecule has 0 bridgehead atoms. The maximum atomic E-state index is 12.1. The van der Waals surface area contributed by atoms with Crippen LogP contribution in [-0.2, 0) is 14.3 Å². The Morgan fingerprint density at radius 3 is 2.81 bits per heavy atom. The van der Waals surface area contributed by atoms with Crippen LogP contribution in [0, 0.1) is 0 Å². The molecule has 2 heterocycles. The Kier molecular flexibility index (Phi) is 5.73. The van der Waals surface area contributed by atoms with E-state index in [-0.39, 0.29) is 16.7 Å². The number of benzene rings is 1. The SMILES string of the molecule is C[C@H](OC(=O)/C=C/c1nc2ccccc2o1)C(=O)Nc1ncc(Cl)cc1Cl. The Labute approximate surface area is 163 Å². The lowest BCUT2D eigenvalue weighted by molar-refractivity contribution is -0.148. The van der Waals surface area contributed by atoms with Crippen molar-refractivity contribution in [3.05, 3.63) is 58.5 Å². The Bertz CT molecular complexity index is 999. The topological polar surface area (TPSA) is 94.3 Å². The number of nitrogens with one attached hydrogen (secondary N) is 1. The predicted molar refractivity (Wildman–Crippen MR) is 101 cm³/mol. The number of fused-ring (bicyclic) bond motifs is 1. The standard InChI is InChI=1S/C18H13Cl2N3O4/c1-10(18(25)23-17-12(20)8-11(19)9-21-17)26-16(24)7-6-15-22-13-4-2-3-5-14(13)27-15/h2-10H,1H3,(H,21,23,25)/b7-6+/t10-/m0/s1. The number of esters is 1. The summed E-state index contributed by atoms with van der Waals surface area (Å²) in [5, 5.41) is 2.97. The molecule has 0 aliphatic heterocycles. The molecule has 7 nitrogen and oxygen atoms in total. The molecule has 0 fully saturated rings. The van der Waals surface area contributed by atoms with E-state index in [4.69, 9.17) is 32.4 Å². The number of pyridine rings is 1. The quantitative estimate of drug-likeness (QED) is 0.506. The van der Waals surface area contributed by atoms with E-state index in [1.807, 2.05) is 12.1 Å². The van der Waals surface area contributed by atoms with Crippen molar-refractivity contribution in [1.82, 2.24) is 9.97 Å². The summed E-state index contributed by atoms with van der Waals surface area (Å²) in [5.74, 6) is -0.941. The zero-order chi connectivity index (χ0) is 19.4. The third-order valence-electron chi connectivity index (χ3n) is 3.38. The fourth-order valence-electron chi connectivity index (χ4n) is 2.09. The number of aromatic nitrogens is 2. The lowest BCUT2D eigenvalue weighted by Crippen LogP contribution is -2.29. The minimum absolute atomic E-state index is 0.121. The van der Waals surface area contributed by atoms with Gasteiger partial charge >= 0.3 is 5.97 Å². The predicted octanol–water partition coefficient (Wildman–Crippen LogP) is 4.11. The van der Waals surface area contributed by atoms with Crippen molar-refractivity contribution in [3.63, 3.8) is 0 Å². The second-order valence-electron chi connectivity index (χ2n) is 5.41. The summed E-state index contributed by atoms with van der Waals surface area (Å²) in [5.41, 5.74) is 1.27. The van der Waals surface area contributed by atoms with E-state index in [0.29, 0.717) is 16.1 Å². The van der Waals surface area contributed by atoms with Crippen LogP contribution < -0.4 is 5.32 Å². The van der Waals surface area contributed by atoms with Gasteiger partial charge in [0.1, 0.15) is 5.52 Å². The van der Waals surface area contributed by atoms with Crippen molar-refractivity contribution in [2.24, 2.45) is 0 Å². The number of para-hydroxylation sites is 2. The average Bonchev–Trinajstić information content (AvgIpc) is 3.05. The van der Waals surface area contributed by atoms with Crippen LogP contribution >= 0.6 is 23.2 Å². The van der Waals surface area contributed by atoms with Gasteiger partial charge in [0.05, 0.1) is 10.0 Å². The van der Waals surface area contributed by atoms with Crippen molar-refractivity contribution >= 4 is 58.1 Å². The maximum absolute atomic E-state index is 12.1. The largest absolute Gasteiger partial charge is 0.449 e. The summed E-state index contributed by atoms with van der Waals surface area (Å²) in [6.45, 7) is 1.42. The first kappa shape index (κ1) is 18.9. The van der Waals surface area contributed by atoms with Crippen LogP contribution in [-0.4, -0.2) is 27.9 Å². The molecule has 3 rings (SSSR count). The Balaban J connectivity index is 1.58.